The monoisotopic (exact) mass is 258 g/mol. The lowest BCUT2D eigenvalue weighted by molar-refractivity contribution is -0.125. The molecule has 1 saturated carbocycles. The van der Waals surface area contributed by atoms with Gasteiger partial charge in [-0.05, 0) is 38.2 Å². The van der Waals surface area contributed by atoms with E-state index < -0.39 is 0 Å². The molecule has 1 heteroatoms. The lowest BCUT2D eigenvalue weighted by atomic mass is 9.74. The molecule has 1 aromatic carbocycles. The fourth-order valence-corrected chi connectivity index (χ4v) is 3.62. The Morgan fingerprint density at radius 2 is 1.74 bits per heavy atom. The summed E-state index contributed by atoms with van der Waals surface area (Å²) in [5.41, 5.74) is 3.72. The van der Waals surface area contributed by atoms with E-state index in [0.29, 0.717) is 24.0 Å². The highest BCUT2D eigenvalue weighted by atomic mass is 16.1. The molecule has 0 amide bonds. The van der Waals surface area contributed by atoms with Crippen molar-refractivity contribution in [3.8, 4) is 0 Å². The van der Waals surface area contributed by atoms with Gasteiger partial charge in [-0.25, -0.2) is 0 Å². The summed E-state index contributed by atoms with van der Waals surface area (Å²) in [6, 6.07) is 6.49. The van der Waals surface area contributed by atoms with Crippen LogP contribution in [0.1, 0.15) is 55.7 Å². The van der Waals surface area contributed by atoms with Gasteiger partial charge in [0.25, 0.3) is 0 Å². The van der Waals surface area contributed by atoms with Crippen LogP contribution in [0.4, 0.5) is 0 Å². The molecule has 2 rings (SSSR count). The fourth-order valence-electron chi connectivity index (χ4n) is 3.62. The van der Waals surface area contributed by atoms with E-state index in [1.165, 1.54) is 36.0 Å². The van der Waals surface area contributed by atoms with Gasteiger partial charge in [-0.1, -0.05) is 55.5 Å². The minimum absolute atomic E-state index is 0.319. The van der Waals surface area contributed by atoms with Gasteiger partial charge in [0.05, 0.1) is 0 Å². The number of carbonyl (C=O) groups is 1. The normalized spacial score (nSPS) is 23.3. The van der Waals surface area contributed by atoms with Gasteiger partial charge in [0, 0.05) is 12.3 Å². The van der Waals surface area contributed by atoms with E-state index in [9.17, 15) is 4.79 Å². The Morgan fingerprint density at radius 1 is 1.11 bits per heavy atom. The molecule has 19 heavy (non-hydrogen) atoms. The number of hydrogen-bond donors (Lipinski definition) is 0. The average molecular weight is 258 g/mol. The standard InChI is InChI=1S/C18H26O/c1-4-16-7-5-6-8-17(16)18(19)12-15-10-13(2)9-14(3)11-15/h9-11,16-17H,4-8,12H2,1-3H3. The second-order valence-corrected chi connectivity index (χ2v) is 6.20. The Morgan fingerprint density at radius 3 is 2.37 bits per heavy atom. The third kappa shape index (κ3) is 3.68. The zero-order valence-corrected chi connectivity index (χ0v) is 12.5. The van der Waals surface area contributed by atoms with Crippen LogP contribution in [0.25, 0.3) is 0 Å². The van der Waals surface area contributed by atoms with Crippen molar-refractivity contribution in [2.75, 3.05) is 0 Å². The number of ketones is 1. The van der Waals surface area contributed by atoms with Crippen LogP contribution < -0.4 is 0 Å². The summed E-state index contributed by atoms with van der Waals surface area (Å²) in [4.78, 5) is 12.6. The maximum absolute atomic E-state index is 12.6. The van der Waals surface area contributed by atoms with E-state index in [1.54, 1.807) is 0 Å². The number of Topliss-reactive ketones (excluding diaryl/α,β-unsaturated/α-hetero) is 1. The molecular weight excluding hydrogens is 232 g/mol. The molecule has 0 heterocycles. The van der Waals surface area contributed by atoms with Gasteiger partial charge < -0.3 is 0 Å². The summed E-state index contributed by atoms with van der Waals surface area (Å²) >= 11 is 0. The van der Waals surface area contributed by atoms with E-state index in [0.717, 1.165) is 12.8 Å². The topological polar surface area (TPSA) is 17.1 Å². The molecule has 1 fully saturated rings. The van der Waals surface area contributed by atoms with E-state index in [-0.39, 0.29) is 0 Å². The van der Waals surface area contributed by atoms with E-state index in [4.69, 9.17) is 0 Å². The Bertz CT molecular complexity index is 427. The van der Waals surface area contributed by atoms with E-state index in [2.05, 4.69) is 39.0 Å². The number of aryl methyl sites for hydroxylation is 2. The zero-order valence-electron chi connectivity index (χ0n) is 12.5. The largest absolute Gasteiger partial charge is 0.299 e. The summed E-state index contributed by atoms with van der Waals surface area (Å²) in [5, 5.41) is 0. The van der Waals surface area contributed by atoms with Crippen LogP contribution >= 0.6 is 0 Å². The van der Waals surface area contributed by atoms with Crippen molar-refractivity contribution in [2.24, 2.45) is 11.8 Å². The Balaban J connectivity index is 2.07. The number of carbonyl (C=O) groups excluding carboxylic acids is 1. The first-order valence-corrected chi connectivity index (χ1v) is 7.70. The predicted octanol–water partition coefficient (Wildman–Crippen LogP) is 4.63. The van der Waals surface area contributed by atoms with E-state index >= 15 is 0 Å². The van der Waals surface area contributed by atoms with Crippen LogP contribution in [-0.4, -0.2) is 5.78 Å². The van der Waals surface area contributed by atoms with Crippen LogP contribution in [0.3, 0.4) is 0 Å². The SMILES string of the molecule is CCC1CCCCC1C(=O)Cc1cc(C)cc(C)c1. The lowest BCUT2D eigenvalue weighted by Gasteiger charge is -2.29. The molecule has 0 saturated heterocycles. The van der Waals surface area contributed by atoms with Crippen molar-refractivity contribution < 1.29 is 4.79 Å². The van der Waals surface area contributed by atoms with Gasteiger partial charge in [-0.2, -0.15) is 0 Å². The maximum atomic E-state index is 12.6. The molecule has 1 aromatic rings. The van der Waals surface area contributed by atoms with Crippen molar-refractivity contribution in [3.63, 3.8) is 0 Å². The molecule has 0 radical (unpaired) electrons. The minimum Gasteiger partial charge on any atom is -0.299 e. The smallest absolute Gasteiger partial charge is 0.140 e. The van der Waals surface area contributed by atoms with Crippen LogP contribution in [0.2, 0.25) is 0 Å². The van der Waals surface area contributed by atoms with Crippen molar-refractivity contribution in [3.05, 3.63) is 34.9 Å². The predicted molar refractivity (Wildman–Crippen MR) is 80.4 cm³/mol. The molecule has 1 aliphatic rings. The maximum Gasteiger partial charge on any atom is 0.140 e. The van der Waals surface area contributed by atoms with Gasteiger partial charge in [-0.3, -0.25) is 4.79 Å². The lowest BCUT2D eigenvalue weighted by Crippen LogP contribution is -2.28. The van der Waals surface area contributed by atoms with Gasteiger partial charge in [-0.15, -0.1) is 0 Å². The van der Waals surface area contributed by atoms with Crippen LogP contribution in [0.5, 0.6) is 0 Å². The number of hydrogen-bond acceptors (Lipinski definition) is 1. The zero-order chi connectivity index (χ0) is 13.8. The third-order valence-electron chi connectivity index (χ3n) is 4.51. The van der Waals surface area contributed by atoms with Crippen molar-refractivity contribution in [1.82, 2.24) is 0 Å². The van der Waals surface area contributed by atoms with Crippen molar-refractivity contribution in [2.45, 2.75) is 59.3 Å². The highest BCUT2D eigenvalue weighted by molar-refractivity contribution is 5.83. The quantitative estimate of drug-likeness (QED) is 0.769. The minimum atomic E-state index is 0.319. The van der Waals surface area contributed by atoms with Gasteiger partial charge >= 0.3 is 0 Å². The van der Waals surface area contributed by atoms with Crippen molar-refractivity contribution >= 4 is 5.78 Å². The molecule has 2 unspecified atom stereocenters. The molecule has 104 valence electrons. The van der Waals surface area contributed by atoms with E-state index in [1.807, 2.05) is 0 Å². The molecule has 0 aromatic heterocycles. The van der Waals surface area contributed by atoms with Crippen molar-refractivity contribution in [1.29, 1.82) is 0 Å². The first kappa shape index (κ1) is 14.3. The second-order valence-electron chi connectivity index (χ2n) is 6.20. The molecular formula is C18H26O. The molecule has 0 spiro atoms. The second kappa shape index (κ2) is 6.36. The fraction of sp³-hybridized carbons (Fsp3) is 0.611. The van der Waals surface area contributed by atoms with Gasteiger partial charge in [0.15, 0.2) is 0 Å². The number of benzene rings is 1. The Kier molecular flexibility index (Phi) is 4.79. The van der Waals surface area contributed by atoms with Crippen LogP contribution in [0, 0.1) is 25.7 Å². The summed E-state index contributed by atoms with van der Waals surface area (Å²) in [6.07, 6.45) is 6.69. The summed E-state index contributed by atoms with van der Waals surface area (Å²) in [5.74, 6) is 1.42. The molecule has 1 nitrogen and oxygen atoms in total. The van der Waals surface area contributed by atoms with Gasteiger partial charge in [0.2, 0.25) is 0 Å². The van der Waals surface area contributed by atoms with Gasteiger partial charge in [0.1, 0.15) is 5.78 Å². The highest BCUT2D eigenvalue weighted by Gasteiger charge is 2.29. The first-order valence-electron chi connectivity index (χ1n) is 7.70. The number of rotatable bonds is 4. The Hall–Kier alpha value is -1.11. The molecule has 0 bridgehead atoms. The summed E-state index contributed by atoms with van der Waals surface area (Å²) in [7, 11) is 0. The van der Waals surface area contributed by atoms with Crippen LogP contribution in [-0.2, 0) is 11.2 Å². The molecule has 2 atom stereocenters. The molecule has 1 aliphatic carbocycles. The highest BCUT2D eigenvalue weighted by Crippen LogP contribution is 2.33. The van der Waals surface area contributed by atoms with Crippen LogP contribution in [0.15, 0.2) is 18.2 Å². The average Bonchev–Trinajstić information content (AvgIpc) is 2.37. The Labute approximate surface area is 117 Å². The summed E-state index contributed by atoms with van der Waals surface area (Å²) < 4.78 is 0. The first-order chi connectivity index (χ1) is 9.10. The third-order valence-corrected chi connectivity index (χ3v) is 4.51. The molecule has 0 aliphatic heterocycles. The molecule has 0 N–H and O–H groups in total. The summed E-state index contributed by atoms with van der Waals surface area (Å²) in [6.45, 7) is 6.44.